The van der Waals surface area contributed by atoms with Crippen molar-refractivity contribution in [3.8, 4) is 0 Å². The van der Waals surface area contributed by atoms with Crippen LogP contribution in [0.15, 0.2) is 30.3 Å². The molecule has 0 fully saturated rings. The average Bonchev–Trinajstić information content (AvgIpc) is 2.17. The lowest BCUT2D eigenvalue weighted by Gasteiger charge is -2.34. The number of anilines is 1. The Bertz CT molecular complexity index is 343. The van der Waals surface area contributed by atoms with E-state index in [9.17, 15) is 4.79 Å². The van der Waals surface area contributed by atoms with E-state index in [0.717, 1.165) is 12.1 Å². The van der Waals surface area contributed by atoms with Crippen LogP contribution in [0.5, 0.6) is 0 Å². The summed E-state index contributed by atoms with van der Waals surface area (Å²) in [5.41, 5.74) is 1.04. The lowest BCUT2D eigenvalue weighted by Crippen LogP contribution is -2.50. The quantitative estimate of drug-likeness (QED) is 0.729. The topological polar surface area (TPSA) is 20.3 Å². The smallest absolute Gasteiger partial charge is 0.219 e. The molecule has 3 heteroatoms. The summed E-state index contributed by atoms with van der Waals surface area (Å²) in [6, 6.07) is 10.00. The second-order valence-electron chi connectivity index (χ2n) is 4.99. The Morgan fingerprint density at radius 3 is 2.19 bits per heavy atom. The summed E-state index contributed by atoms with van der Waals surface area (Å²) in [5.74, 6) is 0.257. The molecule has 1 aromatic carbocycles. The van der Waals surface area contributed by atoms with Gasteiger partial charge in [0, 0.05) is 12.1 Å². The maximum atomic E-state index is 12.2. The van der Waals surface area contributed by atoms with Crippen LogP contribution in [0, 0.1) is 0 Å². The second-order valence-corrected chi connectivity index (χ2v) is 9.77. The highest BCUT2D eigenvalue weighted by atomic mass is 28.3. The SMILES string of the molecule is CCCC(=O)N(c1ccccc1)[Si](C)(C)C. The molecule has 0 heterocycles. The van der Waals surface area contributed by atoms with Gasteiger partial charge in [0.1, 0.15) is 0 Å². The molecular weight excluding hydrogens is 214 g/mol. The first-order valence-corrected chi connectivity index (χ1v) is 9.29. The number of amides is 1. The van der Waals surface area contributed by atoms with E-state index in [2.05, 4.69) is 19.6 Å². The molecule has 0 N–H and O–H groups in total. The standard InChI is InChI=1S/C13H21NOSi/c1-5-9-13(15)14(16(2,3)4)12-10-7-6-8-11-12/h6-8,10-11H,5,9H2,1-4H3. The maximum absolute atomic E-state index is 12.2. The highest BCUT2D eigenvalue weighted by Gasteiger charge is 2.29. The summed E-state index contributed by atoms with van der Waals surface area (Å²) in [4.78, 5) is 12.2. The lowest BCUT2D eigenvalue weighted by molar-refractivity contribution is -0.117. The number of para-hydroxylation sites is 1. The summed E-state index contributed by atoms with van der Waals surface area (Å²) in [7, 11) is -1.64. The minimum Gasteiger partial charge on any atom is -0.341 e. The molecule has 0 aliphatic carbocycles. The van der Waals surface area contributed by atoms with E-state index in [1.165, 1.54) is 0 Å². The lowest BCUT2D eigenvalue weighted by atomic mass is 10.3. The first-order valence-electron chi connectivity index (χ1n) is 5.85. The monoisotopic (exact) mass is 235 g/mol. The molecule has 0 bridgehead atoms. The van der Waals surface area contributed by atoms with Gasteiger partial charge in [0.05, 0.1) is 0 Å². The number of hydrogen-bond donors (Lipinski definition) is 0. The molecule has 0 saturated carbocycles. The molecule has 0 radical (unpaired) electrons. The summed E-state index contributed by atoms with van der Waals surface area (Å²) in [6.45, 7) is 8.65. The van der Waals surface area contributed by atoms with Crippen molar-refractivity contribution in [1.82, 2.24) is 0 Å². The number of benzene rings is 1. The van der Waals surface area contributed by atoms with Crippen LogP contribution in [0.25, 0.3) is 0 Å². The summed E-state index contributed by atoms with van der Waals surface area (Å²) >= 11 is 0. The summed E-state index contributed by atoms with van der Waals surface area (Å²) < 4.78 is 2.02. The third-order valence-electron chi connectivity index (χ3n) is 2.40. The summed E-state index contributed by atoms with van der Waals surface area (Å²) in [6.07, 6.45) is 1.55. The van der Waals surface area contributed by atoms with E-state index in [1.54, 1.807) is 0 Å². The third kappa shape index (κ3) is 3.20. The van der Waals surface area contributed by atoms with Crippen molar-refractivity contribution in [3.63, 3.8) is 0 Å². The minimum absolute atomic E-state index is 0.257. The number of hydrogen-bond acceptors (Lipinski definition) is 1. The van der Waals surface area contributed by atoms with Gasteiger partial charge in [-0.1, -0.05) is 44.8 Å². The van der Waals surface area contributed by atoms with E-state index in [4.69, 9.17) is 0 Å². The highest BCUT2D eigenvalue weighted by Crippen LogP contribution is 2.22. The zero-order chi connectivity index (χ0) is 12.2. The fraction of sp³-hybridized carbons (Fsp3) is 0.462. The third-order valence-corrected chi connectivity index (χ3v) is 4.25. The van der Waals surface area contributed by atoms with Crippen molar-refractivity contribution in [3.05, 3.63) is 30.3 Å². The zero-order valence-corrected chi connectivity index (χ0v) is 11.7. The van der Waals surface area contributed by atoms with Crippen LogP contribution in [0.2, 0.25) is 19.6 Å². The molecule has 0 unspecified atom stereocenters. The van der Waals surface area contributed by atoms with Crippen molar-refractivity contribution in [2.24, 2.45) is 0 Å². The largest absolute Gasteiger partial charge is 0.341 e. The zero-order valence-electron chi connectivity index (χ0n) is 10.7. The van der Waals surface area contributed by atoms with Crippen LogP contribution in [-0.2, 0) is 4.79 Å². The molecule has 88 valence electrons. The van der Waals surface area contributed by atoms with Crippen molar-refractivity contribution < 1.29 is 4.79 Å². The Labute approximate surface area is 99.4 Å². The fourth-order valence-corrected chi connectivity index (χ4v) is 3.59. The second kappa shape index (κ2) is 5.30. The number of carbonyl (C=O) groups is 1. The van der Waals surface area contributed by atoms with E-state index in [-0.39, 0.29) is 5.91 Å². The average molecular weight is 235 g/mol. The molecule has 0 spiro atoms. The normalized spacial score (nSPS) is 11.2. The van der Waals surface area contributed by atoms with Crippen molar-refractivity contribution in [2.75, 3.05) is 4.57 Å². The van der Waals surface area contributed by atoms with Gasteiger partial charge >= 0.3 is 0 Å². The Morgan fingerprint density at radius 2 is 1.75 bits per heavy atom. The molecule has 0 aromatic heterocycles. The summed E-state index contributed by atoms with van der Waals surface area (Å²) in [5, 5.41) is 0. The molecule has 2 nitrogen and oxygen atoms in total. The first-order chi connectivity index (χ1) is 7.46. The molecule has 0 aliphatic rings. The van der Waals surface area contributed by atoms with E-state index in [0.29, 0.717) is 6.42 Å². The predicted octanol–water partition coefficient (Wildman–Crippen LogP) is 3.65. The van der Waals surface area contributed by atoms with Crippen LogP contribution in [-0.4, -0.2) is 14.1 Å². The van der Waals surface area contributed by atoms with Crippen molar-refractivity contribution in [2.45, 2.75) is 39.4 Å². The van der Waals surface area contributed by atoms with Gasteiger partial charge in [0.2, 0.25) is 5.91 Å². The van der Waals surface area contributed by atoms with Crippen molar-refractivity contribution >= 4 is 19.8 Å². The Kier molecular flexibility index (Phi) is 4.30. The van der Waals surface area contributed by atoms with Gasteiger partial charge in [-0.25, -0.2) is 0 Å². The van der Waals surface area contributed by atoms with Gasteiger partial charge in [-0.2, -0.15) is 0 Å². The molecule has 1 aromatic rings. The van der Waals surface area contributed by atoms with Crippen LogP contribution in [0.3, 0.4) is 0 Å². The van der Waals surface area contributed by atoms with E-state index < -0.39 is 8.24 Å². The molecule has 16 heavy (non-hydrogen) atoms. The van der Waals surface area contributed by atoms with Crippen LogP contribution in [0.1, 0.15) is 19.8 Å². The maximum Gasteiger partial charge on any atom is 0.219 e. The van der Waals surface area contributed by atoms with Gasteiger partial charge in [-0.3, -0.25) is 4.79 Å². The van der Waals surface area contributed by atoms with Crippen LogP contribution in [0.4, 0.5) is 5.69 Å². The molecule has 0 aliphatic heterocycles. The molecule has 1 amide bonds. The molecule has 1 rings (SSSR count). The van der Waals surface area contributed by atoms with Crippen molar-refractivity contribution in [1.29, 1.82) is 0 Å². The highest BCUT2D eigenvalue weighted by molar-refractivity contribution is 6.83. The van der Waals surface area contributed by atoms with E-state index >= 15 is 0 Å². The van der Waals surface area contributed by atoms with Gasteiger partial charge in [0.25, 0.3) is 0 Å². The number of rotatable bonds is 4. The van der Waals surface area contributed by atoms with Gasteiger partial charge in [0.15, 0.2) is 8.24 Å². The molecule has 0 atom stereocenters. The van der Waals surface area contributed by atoms with Gasteiger partial charge in [-0.15, -0.1) is 0 Å². The Hall–Kier alpha value is -1.09. The van der Waals surface area contributed by atoms with Crippen LogP contribution < -0.4 is 4.57 Å². The van der Waals surface area contributed by atoms with Gasteiger partial charge < -0.3 is 4.57 Å². The Morgan fingerprint density at radius 1 is 1.19 bits per heavy atom. The number of nitrogens with zero attached hydrogens (tertiary/aromatic N) is 1. The number of carbonyl (C=O) groups excluding carboxylic acids is 1. The Balaban J connectivity index is 3.02. The van der Waals surface area contributed by atoms with Crippen LogP contribution >= 0.6 is 0 Å². The minimum atomic E-state index is -1.64. The molecular formula is C13H21NOSi. The molecule has 0 saturated heterocycles. The van der Waals surface area contributed by atoms with Gasteiger partial charge in [-0.05, 0) is 18.6 Å². The predicted molar refractivity (Wildman–Crippen MR) is 72.2 cm³/mol. The first kappa shape index (κ1) is 13.0. The van der Waals surface area contributed by atoms with E-state index in [1.807, 2.05) is 41.8 Å². The fourth-order valence-electron chi connectivity index (χ4n) is 1.81.